The Kier molecular flexibility index (Phi) is 24.4. The van der Waals surface area contributed by atoms with Gasteiger partial charge in [-0.2, -0.15) is 0 Å². The molecule has 0 aromatic carbocycles. The third-order valence-corrected chi connectivity index (χ3v) is 0. The van der Waals surface area contributed by atoms with Gasteiger partial charge in [-0.05, 0) is 0 Å². The van der Waals surface area contributed by atoms with Gasteiger partial charge in [-0.15, -0.1) is 0 Å². The van der Waals surface area contributed by atoms with E-state index < -0.39 is 0 Å². The Hall–Kier alpha value is 0.158. The Labute approximate surface area is 38.1 Å². The summed E-state index contributed by atoms with van der Waals surface area (Å²) in [5, 5.41) is 6.89. The zero-order valence-corrected chi connectivity index (χ0v) is 3.85. The van der Waals surface area contributed by atoms with E-state index >= 15 is 0 Å². The summed E-state index contributed by atoms with van der Waals surface area (Å²) in [5.41, 5.74) is 0. The molecule has 0 unspecified atom stereocenters. The summed E-state index contributed by atoms with van der Waals surface area (Å²) < 4.78 is 0. The molecule has 0 saturated carbocycles. The maximum atomic E-state index is 8.36. The van der Waals surface area contributed by atoms with Crippen molar-refractivity contribution in [2.75, 3.05) is 0 Å². The van der Waals surface area contributed by atoms with Crippen LogP contribution in [-0.4, -0.2) is 11.6 Å². The van der Waals surface area contributed by atoms with Crippen LogP contribution in [-0.2, 0) is 25.9 Å². The topological polar surface area (TPSA) is 37.3 Å². The van der Waals surface area contributed by atoms with Gasteiger partial charge in [0.1, 0.15) is 0 Å². The van der Waals surface area contributed by atoms with Crippen LogP contribution in [0.5, 0.6) is 0 Å². The summed E-state index contributed by atoms with van der Waals surface area (Å²) >= 11 is 0. The Morgan fingerprint density at radius 1 is 1.75 bits per heavy atom. The summed E-state index contributed by atoms with van der Waals surface area (Å²) in [6.45, 7) is -0.250. The number of rotatable bonds is 0. The van der Waals surface area contributed by atoms with E-state index in [1.807, 2.05) is 0 Å². The largest absolute Gasteiger partial charge is 0.483 e. The molecule has 0 bridgehead atoms. The first-order valence-electron chi connectivity index (χ1n) is 0.494. The van der Waals surface area contributed by atoms with Crippen LogP contribution >= 0.6 is 0 Å². The molecule has 0 aromatic heterocycles. The minimum atomic E-state index is -0.250. The van der Waals surface area contributed by atoms with Gasteiger partial charge in [0.2, 0.25) is 0 Å². The van der Waals surface area contributed by atoms with Crippen molar-refractivity contribution in [2.45, 2.75) is 0 Å². The zero-order chi connectivity index (χ0) is 2.71. The molecule has 0 amide bonds. The summed E-state index contributed by atoms with van der Waals surface area (Å²) in [6, 6.07) is 0. The first-order chi connectivity index (χ1) is 1.41. The minimum absolute atomic E-state index is 0. The third kappa shape index (κ3) is 116. The predicted octanol–water partition coefficient (Wildman–Crippen LogP) is -0.302. The number of carboxylic acid groups (broad SMARTS) is 1. The molecule has 24 valence electrons. The molecule has 4 heavy (non-hydrogen) atoms. The molecule has 2 nitrogen and oxygen atoms in total. The summed E-state index contributed by atoms with van der Waals surface area (Å²) in [5.74, 6) is 0. The zero-order valence-electron chi connectivity index (χ0n) is 1.84. The number of carbonyl (C=O) groups is 1. The summed E-state index contributed by atoms with van der Waals surface area (Å²) in [6.07, 6.45) is 0. The molecule has 0 aliphatic rings. The smallest absolute Gasteiger partial charge is 0.290 e. The van der Waals surface area contributed by atoms with E-state index in [9.17, 15) is 0 Å². The van der Waals surface area contributed by atoms with Crippen molar-refractivity contribution < 1.29 is 31.0 Å². The van der Waals surface area contributed by atoms with Crippen LogP contribution in [0.25, 0.3) is 0 Å². The van der Waals surface area contributed by atoms with Gasteiger partial charge >= 0.3 is 0 Å². The maximum absolute atomic E-state index is 8.36. The van der Waals surface area contributed by atoms with Gasteiger partial charge in [0, 0.05) is 21.1 Å². The van der Waals surface area contributed by atoms with Crippen LogP contribution in [0.1, 0.15) is 0 Å². The fraction of sp³-hybridized carbons (Fsp3) is 0. The van der Waals surface area contributed by atoms with Crippen LogP contribution in [0.15, 0.2) is 0 Å². The van der Waals surface area contributed by atoms with Crippen molar-refractivity contribution in [1.29, 1.82) is 0 Å². The quantitative estimate of drug-likeness (QED) is 0.372. The molecular weight excluding hydrogens is 140 g/mol. The molecule has 1 N–H and O–H groups in total. The van der Waals surface area contributed by atoms with Gasteiger partial charge in [0.25, 0.3) is 6.47 Å². The van der Waals surface area contributed by atoms with Gasteiger partial charge < -0.3 is 5.11 Å². The van der Waals surface area contributed by atoms with Crippen LogP contribution in [0.2, 0.25) is 0 Å². The normalized spacial score (nSPS) is 3.00. The van der Waals surface area contributed by atoms with E-state index in [1.165, 1.54) is 0 Å². The van der Waals surface area contributed by atoms with Gasteiger partial charge in [-0.3, -0.25) is 4.79 Å². The molecule has 0 atom stereocenters. The van der Waals surface area contributed by atoms with Crippen molar-refractivity contribution in [2.24, 2.45) is 0 Å². The molecule has 0 rings (SSSR count). The average Bonchev–Trinajstić information content (AvgIpc) is 0.918. The molecule has 3 heteroatoms. The van der Waals surface area contributed by atoms with Gasteiger partial charge in [-0.1, -0.05) is 0 Å². The second-order valence-electron chi connectivity index (χ2n) is 0.105. The van der Waals surface area contributed by atoms with E-state index in [-0.39, 0.29) is 27.5 Å². The van der Waals surface area contributed by atoms with E-state index in [2.05, 4.69) is 0 Å². The standard InChI is InChI=1S/CH2O2.Mo/c2-1-3;/h1H,(H,2,3);. The van der Waals surface area contributed by atoms with Gasteiger partial charge in [-0.25, -0.2) is 0 Å². The molecule has 0 radical (unpaired) electrons. The van der Waals surface area contributed by atoms with E-state index in [0.717, 1.165) is 0 Å². The van der Waals surface area contributed by atoms with Crippen LogP contribution in [0.3, 0.4) is 0 Å². The van der Waals surface area contributed by atoms with Crippen LogP contribution < -0.4 is 0 Å². The first-order valence-corrected chi connectivity index (χ1v) is 0.494. The monoisotopic (exact) mass is 144 g/mol. The van der Waals surface area contributed by atoms with Crippen molar-refractivity contribution in [3.63, 3.8) is 0 Å². The maximum Gasteiger partial charge on any atom is 0.290 e. The van der Waals surface area contributed by atoms with Crippen molar-refractivity contribution in [3.05, 3.63) is 0 Å². The molecule has 0 fully saturated rings. The Bertz CT molecular complexity index is 13.5. The Morgan fingerprint density at radius 2 is 1.75 bits per heavy atom. The van der Waals surface area contributed by atoms with Crippen molar-refractivity contribution in [3.8, 4) is 0 Å². The Morgan fingerprint density at radius 3 is 1.75 bits per heavy atom. The van der Waals surface area contributed by atoms with Crippen LogP contribution in [0, 0.1) is 0 Å². The molecule has 0 aromatic rings. The van der Waals surface area contributed by atoms with Gasteiger partial charge in [0.05, 0.1) is 0 Å². The fourth-order valence-corrected chi connectivity index (χ4v) is 0. The van der Waals surface area contributed by atoms with E-state index in [1.54, 1.807) is 0 Å². The summed E-state index contributed by atoms with van der Waals surface area (Å²) in [7, 11) is 0. The molecule has 0 heterocycles. The van der Waals surface area contributed by atoms with E-state index in [0.29, 0.717) is 0 Å². The molecule has 0 spiro atoms. The third-order valence-electron chi connectivity index (χ3n) is 0. The summed E-state index contributed by atoms with van der Waals surface area (Å²) in [4.78, 5) is 8.36. The Balaban J connectivity index is 0. The number of hydrogen-bond acceptors (Lipinski definition) is 1. The average molecular weight is 142 g/mol. The first kappa shape index (κ1) is 8.90. The SMILES string of the molecule is O=CO.[Mo]. The predicted molar refractivity (Wildman–Crippen MR) is 8.69 cm³/mol. The van der Waals surface area contributed by atoms with E-state index in [4.69, 9.17) is 9.90 Å². The second kappa shape index (κ2) is 11.0. The van der Waals surface area contributed by atoms with Crippen molar-refractivity contribution in [1.82, 2.24) is 0 Å². The molecule has 0 aliphatic carbocycles. The molecule has 0 saturated heterocycles. The molecule has 0 aliphatic heterocycles. The van der Waals surface area contributed by atoms with Crippen molar-refractivity contribution >= 4 is 6.47 Å². The number of hydrogen-bond donors (Lipinski definition) is 1. The minimum Gasteiger partial charge on any atom is -0.483 e. The van der Waals surface area contributed by atoms with Gasteiger partial charge in [0.15, 0.2) is 0 Å². The fourth-order valence-electron chi connectivity index (χ4n) is 0. The van der Waals surface area contributed by atoms with Crippen LogP contribution in [0.4, 0.5) is 0 Å². The second-order valence-corrected chi connectivity index (χ2v) is 0.105. The molecular formula is CH2MoO2.